The lowest BCUT2D eigenvalue weighted by Crippen LogP contribution is -1.99. The van der Waals surface area contributed by atoms with Gasteiger partial charge in [0.15, 0.2) is 5.78 Å². The van der Waals surface area contributed by atoms with E-state index in [9.17, 15) is 18.0 Å². The van der Waals surface area contributed by atoms with Gasteiger partial charge in [0.2, 0.25) is 0 Å². The van der Waals surface area contributed by atoms with Gasteiger partial charge in [0.25, 0.3) is 5.76 Å². The Bertz CT molecular complexity index is 657. The molecule has 0 atom stereocenters. The van der Waals surface area contributed by atoms with Crippen molar-refractivity contribution in [3.05, 3.63) is 59.4 Å². The van der Waals surface area contributed by atoms with E-state index in [1.165, 1.54) is 19.1 Å². The number of carbonyl (C=O) groups is 1. The van der Waals surface area contributed by atoms with E-state index in [0.29, 0.717) is 22.4 Å². The molecule has 0 aliphatic carbocycles. The Labute approximate surface area is 130 Å². The third-order valence-electron chi connectivity index (χ3n) is 2.87. The van der Waals surface area contributed by atoms with Crippen LogP contribution in [0.3, 0.4) is 0 Å². The molecule has 0 bridgehead atoms. The number of hydrogen-bond donors (Lipinski definition) is 0. The molecule has 0 saturated carbocycles. The molecule has 0 aliphatic rings. The predicted octanol–water partition coefficient (Wildman–Crippen LogP) is 4.92. The van der Waals surface area contributed by atoms with Crippen LogP contribution in [0.25, 0.3) is 0 Å². The summed E-state index contributed by atoms with van der Waals surface area (Å²) in [7, 11) is 0. The molecule has 0 N–H and O–H groups in total. The van der Waals surface area contributed by atoms with Gasteiger partial charge in [-0.25, -0.2) is 4.39 Å². The molecule has 0 radical (unpaired) electrons. The van der Waals surface area contributed by atoms with Gasteiger partial charge in [0, 0.05) is 11.0 Å². The first-order chi connectivity index (χ1) is 10.5. The molecule has 2 aromatic rings. The highest BCUT2D eigenvalue weighted by molar-refractivity contribution is 7.99. The number of rotatable bonds is 6. The zero-order chi connectivity index (χ0) is 16.1. The molecule has 0 amide bonds. The van der Waals surface area contributed by atoms with E-state index in [4.69, 9.17) is 4.74 Å². The van der Waals surface area contributed by atoms with Gasteiger partial charge in [0.05, 0.1) is 5.56 Å². The maximum Gasteiger partial charge on any atom is 0.288 e. The fourth-order valence-electron chi connectivity index (χ4n) is 1.80. The van der Waals surface area contributed by atoms with Gasteiger partial charge in [0.1, 0.15) is 18.2 Å². The molecule has 22 heavy (non-hydrogen) atoms. The lowest BCUT2D eigenvalue weighted by atomic mass is 10.1. The van der Waals surface area contributed by atoms with Crippen LogP contribution in [0, 0.1) is 5.82 Å². The number of ether oxygens (including phenoxy) is 1. The Morgan fingerprint density at radius 2 is 1.86 bits per heavy atom. The molecule has 0 unspecified atom stereocenters. The van der Waals surface area contributed by atoms with Gasteiger partial charge in [-0.05, 0) is 36.8 Å². The van der Waals surface area contributed by atoms with Crippen molar-refractivity contribution in [1.82, 2.24) is 0 Å². The summed E-state index contributed by atoms with van der Waals surface area (Å²) in [5, 5.41) is 0. The minimum atomic E-state index is -2.45. The highest BCUT2D eigenvalue weighted by Crippen LogP contribution is 2.25. The van der Waals surface area contributed by atoms with Crippen molar-refractivity contribution in [2.75, 3.05) is 0 Å². The molecule has 2 nitrogen and oxygen atoms in total. The summed E-state index contributed by atoms with van der Waals surface area (Å²) in [6, 6.07) is 10.5. The summed E-state index contributed by atoms with van der Waals surface area (Å²) in [4.78, 5) is 11.6. The Morgan fingerprint density at radius 1 is 1.18 bits per heavy atom. The average molecular weight is 326 g/mol. The molecule has 0 aromatic heterocycles. The van der Waals surface area contributed by atoms with E-state index in [1.54, 1.807) is 24.3 Å². The fraction of sp³-hybridized carbons (Fsp3) is 0.188. The Hall–Kier alpha value is -1.95. The van der Waals surface area contributed by atoms with E-state index < -0.39 is 11.6 Å². The van der Waals surface area contributed by atoms with Gasteiger partial charge in [-0.15, -0.1) is 0 Å². The van der Waals surface area contributed by atoms with Crippen LogP contribution in [0.4, 0.5) is 13.2 Å². The number of halogens is 3. The standard InChI is InChI=1S/C16H13F3O2S/c1-10(20)14-7-4-12(8-15(14)17)21-9-11-2-5-13(6-3-11)22-16(18)19/h2-8,16H,9H2,1H3. The molecule has 0 heterocycles. The van der Waals surface area contributed by atoms with Crippen molar-refractivity contribution in [2.45, 2.75) is 24.2 Å². The molecule has 0 fully saturated rings. The van der Waals surface area contributed by atoms with Crippen molar-refractivity contribution in [1.29, 1.82) is 0 Å². The lowest BCUT2D eigenvalue weighted by molar-refractivity contribution is 0.101. The number of ketones is 1. The van der Waals surface area contributed by atoms with E-state index in [2.05, 4.69) is 0 Å². The molecule has 2 aromatic carbocycles. The summed E-state index contributed by atoms with van der Waals surface area (Å²) in [5.41, 5.74) is 0.787. The monoisotopic (exact) mass is 326 g/mol. The highest BCUT2D eigenvalue weighted by atomic mass is 32.2. The van der Waals surface area contributed by atoms with Crippen molar-refractivity contribution in [3.8, 4) is 5.75 Å². The van der Waals surface area contributed by atoms with Crippen LogP contribution in [0.1, 0.15) is 22.8 Å². The third kappa shape index (κ3) is 4.53. The molecule has 2 rings (SSSR count). The second kappa shape index (κ2) is 7.35. The van der Waals surface area contributed by atoms with Gasteiger partial charge in [-0.2, -0.15) is 8.78 Å². The Balaban J connectivity index is 1.98. The number of hydrogen-bond acceptors (Lipinski definition) is 3. The maximum atomic E-state index is 13.6. The minimum Gasteiger partial charge on any atom is -0.489 e. The van der Waals surface area contributed by atoms with Crippen LogP contribution >= 0.6 is 11.8 Å². The van der Waals surface area contributed by atoms with Crippen LogP contribution in [0.15, 0.2) is 47.4 Å². The third-order valence-corrected chi connectivity index (χ3v) is 3.60. The van der Waals surface area contributed by atoms with Crippen LogP contribution in [-0.4, -0.2) is 11.5 Å². The van der Waals surface area contributed by atoms with Crippen LogP contribution in [0.2, 0.25) is 0 Å². The van der Waals surface area contributed by atoms with Crippen molar-refractivity contribution < 1.29 is 22.7 Å². The smallest absolute Gasteiger partial charge is 0.288 e. The highest BCUT2D eigenvalue weighted by Gasteiger charge is 2.09. The van der Waals surface area contributed by atoms with Crippen molar-refractivity contribution >= 4 is 17.5 Å². The van der Waals surface area contributed by atoms with E-state index >= 15 is 0 Å². The van der Waals surface area contributed by atoms with E-state index in [1.807, 2.05) is 0 Å². The van der Waals surface area contributed by atoms with Crippen LogP contribution < -0.4 is 4.74 Å². The Kier molecular flexibility index (Phi) is 5.49. The molecular formula is C16H13F3O2S. The quantitative estimate of drug-likeness (QED) is 0.556. The SMILES string of the molecule is CC(=O)c1ccc(OCc2ccc(SC(F)F)cc2)cc1F. The molecule has 116 valence electrons. The van der Waals surface area contributed by atoms with E-state index in [-0.39, 0.29) is 18.0 Å². The Morgan fingerprint density at radius 3 is 2.41 bits per heavy atom. The van der Waals surface area contributed by atoms with Gasteiger partial charge < -0.3 is 4.74 Å². The largest absolute Gasteiger partial charge is 0.489 e. The maximum absolute atomic E-state index is 13.6. The molecule has 0 spiro atoms. The second-order valence-electron chi connectivity index (χ2n) is 4.51. The topological polar surface area (TPSA) is 26.3 Å². The number of carbonyl (C=O) groups excluding carboxylic acids is 1. The van der Waals surface area contributed by atoms with Crippen LogP contribution in [-0.2, 0) is 6.61 Å². The molecule has 0 saturated heterocycles. The van der Waals surface area contributed by atoms with Crippen molar-refractivity contribution in [2.24, 2.45) is 0 Å². The summed E-state index contributed by atoms with van der Waals surface area (Å²) >= 11 is 0.472. The number of benzene rings is 2. The first kappa shape index (κ1) is 16.4. The van der Waals surface area contributed by atoms with Gasteiger partial charge in [-0.1, -0.05) is 23.9 Å². The zero-order valence-electron chi connectivity index (χ0n) is 11.7. The summed E-state index contributed by atoms with van der Waals surface area (Å²) in [6.07, 6.45) is 0. The lowest BCUT2D eigenvalue weighted by Gasteiger charge is -2.08. The van der Waals surface area contributed by atoms with Crippen molar-refractivity contribution in [3.63, 3.8) is 0 Å². The second-order valence-corrected chi connectivity index (χ2v) is 5.57. The van der Waals surface area contributed by atoms with E-state index in [0.717, 1.165) is 11.6 Å². The zero-order valence-corrected chi connectivity index (χ0v) is 12.5. The summed E-state index contributed by atoms with van der Waals surface area (Å²) in [6.45, 7) is 1.47. The number of alkyl halides is 2. The van der Waals surface area contributed by atoms with Gasteiger partial charge >= 0.3 is 0 Å². The van der Waals surface area contributed by atoms with Crippen LogP contribution in [0.5, 0.6) is 5.75 Å². The molecule has 0 aliphatic heterocycles. The molecular weight excluding hydrogens is 313 g/mol. The normalized spacial score (nSPS) is 10.8. The summed E-state index contributed by atoms with van der Waals surface area (Å²) in [5.74, 6) is -3.14. The fourth-order valence-corrected chi connectivity index (χ4v) is 2.30. The van der Waals surface area contributed by atoms with Gasteiger partial charge in [-0.3, -0.25) is 4.79 Å². The molecule has 6 heteroatoms. The number of thioether (sulfide) groups is 1. The minimum absolute atomic E-state index is 0.0146. The number of Topliss-reactive ketones (excluding diaryl/α,β-unsaturated/α-hetero) is 1. The predicted molar refractivity (Wildman–Crippen MR) is 79.0 cm³/mol. The first-order valence-corrected chi connectivity index (χ1v) is 7.30. The average Bonchev–Trinajstić information content (AvgIpc) is 2.45. The summed E-state index contributed by atoms with van der Waals surface area (Å²) < 4.78 is 43.4. The first-order valence-electron chi connectivity index (χ1n) is 6.43.